The number of nitrogens with one attached hydrogen (secondary N) is 1. The minimum absolute atomic E-state index is 0.162. The molecule has 1 aliphatic rings. The standard InChI is InChI=1S/C12H12BrCl2NO/c13-7-3-1-6-10(7)16-12(17)11-8(14)4-2-5-9(11)15/h2,4-5,7,10H,1,3,6H2,(H,16,17). The Morgan fingerprint density at radius 1 is 1.29 bits per heavy atom. The lowest BCUT2D eigenvalue weighted by Gasteiger charge is -2.17. The zero-order valence-corrected chi connectivity index (χ0v) is 12.1. The number of rotatable bonds is 2. The van der Waals surface area contributed by atoms with Crippen LogP contribution in [0, 0.1) is 0 Å². The minimum Gasteiger partial charge on any atom is -0.348 e. The Balaban J connectivity index is 2.14. The molecular weight excluding hydrogens is 325 g/mol. The SMILES string of the molecule is O=C(NC1CCCC1Br)c1c(Cl)cccc1Cl. The highest BCUT2D eigenvalue weighted by molar-refractivity contribution is 9.09. The van der Waals surface area contributed by atoms with Crippen LogP contribution in [0.1, 0.15) is 29.6 Å². The number of carbonyl (C=O) groups excluding carboxylic acids is 1. The number of hydrogen-bond acceptors (Lipinski definition) is 1. The molecule has 1 fully saturated rings. The molecule has 0 aromatic heterocycles. The second-order valence-electron chi connectivity index (χ2n) is 4.12. The summed E-state index contributed by atoms with van der Waals surface area (Å²) >= 11 is 15.5. The minimum atomic E-state index is -0.197. The molecule has 17 heavy (non-hydrogen) atoms. The van der Waals surface area contributed by atoms with Gasteiger partial charge in [-0.2, -0.15) is 0 Å². The van der Waals surface area contributed by atoms with Gasteiger partial charge >= 0.3 is 0 Å². The fourth-order valence-electron chi connectivity index (χ4n) is 2.03. The number of carbonyl (C=O) groups is 1. The van der Waals surface area contributed by atoms with Crippen LogP contribution >= 0.6 is 39.1 Å². The van der Waals surface area contributed by atoms with E-state index in [2.05, 4.69) is 21.2 Å². The van der Waals surface area contributed by atoms with Crippen molar-refractivity contribution in [3.05, 3.63) is 33.8 Å². The van der Waals surface area contributed by atoms with Crippen molar-refractivity contribution in [2.24, 2.45) is 0 Å². The van der Waals surface area contributed by atoms with E-state index in [9.17, 15) is 4.79 Å². The van der Waals surface area contributed by atoms with E-state index in [1.54, 1.807) is 18.2 Å². The van der Waals surface area contributed by atoms with Gasteiger partial charge in [0.15, 0.2) is 0 Å². The fraction of sp³-hybridized carbons (Fsp3) is 0.417. The summed E-state index contributed by atoms with van der Waals surface area (Å²) in [6, 6.07) is 5.23. The van der Waals surface area contributed by atoms with E-state index in [4.69, 9.17) is 23.2 Å². The molecule has 1 amide bonds. The zero-order chi connectivity index (χ0) is 12.4. The normalized spacial score (nSPS) is 23.7. The van der Waals surface area contributed by atoms with Gasteiger partial charge in [-0.3, -0.25) is 4.79 Å². The summed E-state index contributed by atoms with van der Waals surface area (Å²) in [6.07, 6.45) is 3.20. The van der Waals surface area contributed by atoms with Gasteiger partial charge in [0.2, 0.25) is 0 Å². The molecule has 0 heterocycles. The molecule has 2 atom stereocenters. The van der Waals surface area contributed by atoms with Crippen molar-refractivity contribution < 1.29 is 4.79 Å². The fourth-order valence-corrected chi connectivity index (χ4v) is 3.32. The van der Waals surface area contributed by atoms with E-state index in [1.165, 1.54) is 0 Å². The quantitative estimate of drug-likeness (QED) is 0.811. The zero-order valence-electron chi connectivity index (χ0n) is 9.05. The molecule has 0 saturated heterocycles. The summed E-state index contributed by atoms with van der Waals surface area (Å²) in [5, 5.41) is 3.75. The first-order valence-corrected chi connectivity index (χ1v) is 7.15. The number of alkyl halides is 1. The number of hydrogen-bond donors (Lipinski definition) is 1. The third-order valence-electron chi connectivity index (χ3n) is 2.94. The van der Waals surface area contributed by atoms with Crippen molar-refractivity contribution >= 4 is 45.0 Å². The van der Waals surface area contributed by atoms with Crippen LogP contribution in [-0.2, 0) is 0 Å². The van der Waals surface area contributed by atoms with Gasteiger partial charge in [0.1, 0.15) is 0 Å². The smallest absolute Gasteiger partial charge is 0.254 e. The lowest BCUT2D eigenvalue weighted by Crippen LogP contribution is -2.37. The highest BCUT2D eigenvalue weighted by Crippen LogP contribution is 2.28. The highest BCUT2D eigenvalue weighted by atomic mass is 79.9. The Labute approximate surface area is 119 Å². The van der Waals surface area contributed by atoms with Crippen LogP contribution in [0.15, 0.2) is 18.2 Å². The van der Waals surface area contributed by atoms with Gasteiger partial charge in [-0.25, -0.2) is 0 Å². The molecule has 1 aromatic rings. The molecule has 2 rings (SSSR count). The Morgan fingerprint density at radius 3 is 2.47 bits per heavy atom. The van der Waals surface area contributed by atoms with Crippen LogP contribution in [0.2, 0.25) is 10.0 Å². The van der Waals surface area contributed by atoms with Crippen LogP contribution in [0.25, 0.3) is 0 Å². The summed E-state index contributed by atoms with van der Waals surface area (Å²) in [5.74, 6) is -0.197. The summed E-state index contributed by atoms with van der Waals surface area (Å²) in [4.78, 5) is 12.4. The lowest BCUT2D eigenvalue weighted by atomic mass is 10.2. The molecule has 5 heteroatoms. The van der Waals surface area contributed by atoms with Crippen LogP contribution in [0.5, 0.6) is 0 Å². The average molecular weight is 337 g/mol. The molecule has 92 valence electrons. The van der Waals surface area contributed by atoms with Gasteiger partial charge in [0, 0.05) is 10.9 Å². The Kier molecular flexibility index (Phi) is 4.34. The Morgan fingerprint density at radius 2 is 1.94 bits per heavy atom. The molecular formula is C12H12BrCl2NO. The van der Waals surface area contributed by atoms with Crippen molar-refractivity contribution in [1.29, 1.82) is 0 Å². The maximum atomic E-state index is 12.1. The van der Waals surface area contributed by atoms with E-state index in [0.717, 1.165) is 19.3 Å². The maximum absolute atomic E-state index is 12.1. The van der Waals surface area contributed by atoms with Crippen molar-refractivity contribution in [3.63, 3.8) is 0 Å². The van der Waals surface area contributed by atoms with Gasteiger partial charge in [-0.15, -0.1) is 0 Å². The largest absolute Gasteiger partial charge is 0.348 e. The van der Waals surface area contributed by atoms with E-state index in [-0.39, 0.29) is 11.9 Å². The third-order valence-corrected chi connectivity index (χ3v) is 4.66. The molecule has 0 bridgehead atoms. The molecule has 1 N–H and O–H groups in total. The molecule has 1 aliphatic carbocycles. The Bertz CT molecular complexity index is 418. The average Bonchev–Trinajstić information content (AvgIpc) is 2.64. The van der Waals surface area contributed by atoms with Crippen molar-refractivity contribution in [2.75, 3.05) is 0 Å². The van der Waals surface area contributed by atoms with Crippen LogP contribution in [-0.4, -0.2) is 16.8 Å². The van der Waals surface area contributed by atoms with Gasteiger partial charge in [-0.05, 0) is 25.0 Å². The third kappa shape index (κ3) is 2.95. The predicted octanol–water partition coefficient (Wildman–Crippen LogP) is 4.04. The van der Waals surface area contributed by atoms with Gasteiger partial charge in [-0.1, -0.05) is 51.6 Å². The number of halogens is 3. The summed E-state index contributed by atoms with van der Waals surface area (Å²) < 4.78 is 0. The maximum Gasteiger partial charge on any atom is 0.254 e. The Hall–Kier alpha value is -0.250. The highest BCUT2D eigenvalue weighted by Gasteiger charge is 2.27. The van der Waals surface area contributed by atoms with E-state index in [1.807, 2.05) is 0 Å². The van der Waals surface area contributed by atoms with Crippen molar-refractivity contribution in [1.82, 2.24) is 5.32 Å². The second-order valence-corrected chi connectivity index (χ2v) is 6.11. The summed E-state index contributed by atoms with van der Waals surface area (Å²) in [5.41, 5.74) is 0.363. The van der Waals surface area contributed by atoms with Crippen LogP contribution < -0.4 is 5.32 Å². The van der Waals surface area contributed by atoms with Gasteiger partial charge in [0.05, 0.1) is 15.6 Å². The lowest BCUT2D eigenvalue weighted by molar-refractivity contribution is 0.0939. The summed E-state index contributed by atoms with van der Waals surface area (Å²) in [6.45, 7) is 0. The molecule has 0 spiro atoms. The number of benzene rings is 1. The predicted molar refractivity (Wildman–Crippen MR) is 74.3 cm³/mol. The van der Waals surface area contributed by atoms with Crippen LogP contribution in [0.4, 0.5) is 0 Å². The second kappa shape index (κ2) is 5.59. The van der Waals surface area contributed by atoms with E-state index in [0.29, 0.717) is 20.4 Å². The van der Waals surface area contributed by atoms with E-state index >= 15 is 0 Å². The molecule has 2 nitrogen and oxygen atoms in total. The molecule has 1 saturated carbocycles. The molecule has 1 aromatic carbocycles. The first-order chi connectivity index (χ1) is 8.09. The summed E-state index contributed by atoms with van der Waals surface area (Å²) in [7, 11) is 0. The number of amides is 1. The molecule has 2 unspecified atom stereocenters. The first kappa shape index (κ1) is 13.2. The van der Waals surface area contributed by atoms with Gasteiger partial charge < -0.3 is 5.32 Å². The van der Waals surface area contributed by atoms with Gasteiger partial charge in [0.25, 0.3) is 5.91 Å². The monoisotopic (exact) mass is 335 g/mol. The first-order valence-electron chi connectivity index (χ1n) is 5.48. The van der Waals surface area contributed by atoms with E-state index < -0.39 is 0 Å². The molecule has 0 radical (unpaired) electrons. The van der Waals surface area contributed by atoms with Crippen molar-refractivity contribution in [2.45, 2.75) is 30.1 Å². The van der Waals surface area contributed by atoms with Crippen molar-refractivity contribution in [3.8, 4) is 0 Å². The van der Waals surface area contributed by atoms with Crippen LogP contribution in [0.3, 0.4) is 0 Å². The molecule has 0 aliphatic heterocycles. The topological polar surface area (TPSA) is 29.1 Å².